The lowest BCUT2D eigenvalue weighted by Gasteiger charge is -2.13. The van der Waals surface area contributed by atoms with Crippen molar-refractivity contribution < 1.29 is 9.47 Å². The molecule has 0 aliphatic heterocycles. The van der Waals surface area contributed by atoms with Gasteiger partial charge in [-0.3, -0.25) is 0 Å². The van der Waals surface area contributed by atoms with Crippen LogP contribution in [0.25, 0.3) is 5.65 Å². The second kappa shape index (κ2) is 5.09. The fourth-order valence-corrected chi connectivity index (χ4v) is 1.59. The van der Waals surface area contributed by atoms with E-state index in [0.29, 0.717) is 13.2 Å². The van der Waals surface area contributed by atoms with Gasteiger partial charge in [0, 0.05) is 25.6 Å². The molecular weight excluding hydrogens is 204 g/mol. The first-order valence-corrected chi connectivity index (χ1v) is 5.52. The van der Waals surface area contributed by atoms with Crippen LogP contribution in [0.3, 0.4) is 0 Å². The summed E-state index contributed by atoms with van der Waals surface area (Å²) >= 11 is 0. The second-order valence-corrected chi connectivity index (χ2v) is 3.37. The van der Waals surface area contributed by atoms with Crippen LogP contribution < -0.4 is 0 Å². The van der Waals surface area contributed by atoms with Gasteiger partial charge < -0.3 is 13.9 Å². The summed E-state index contributed by atoms with van der Waals surface area (Å²) in [7, 11) is 0. The van der Waals surface area contributed by atoms with Crippen LogP contribution in [0.2, 0.25) is 0 Å². The predicted molar refractivity (Wildman–Crippen MR) is 61.2 cm³/mol. The summed E-state index contributed by atoms with van der Waals surface area (Å²) in [6.07, 6.45) is 3.53. The fraction of sp³-hybridized carbons (Fsp3) is 0.417. The molecule has 0 bridgehead atoms. The van der Waals surface area contributed by atoms with Crippen LogP contribution in [0.1, 0.15) is 25.8 Å². The topological polar surface area (TPSA) is 35.8 Å². The molecule has 2 heterocycles. The number of rotatable bonds is 5. The Bertz CT molecular complexity index is 414. The molecule has 2 aromatic rings. The van der Waals surface area contributed by atoms with Crippen molar-refractivity contribution in [1.29, 1.82) is 0 Å². The van der Waals surface area contributed by atoms with E-state index in [4.69, 9.17) is 9.47 Å². The van der Waals surface area contributed by atoms with Crippen molar-refractivity contribution in [3.63, 3.8) is 0 Å². The van der Waals surface area contributed by atoms with Gasteiger partial charge in [0.15, 0.2) is 0 Å². The molecule has 0 saturated carbocycles. The number of fused-ring (bicyclic) bond motifs is 1. The summed E-state index contributed by atoms with van der Waals surface area (Å²) in [4.78, 5) is 4.46. The highest BCUT2D eigenvalue weighted by Crippen LogP contribution is 2.18. The molecule has 0 aromatic carbocycles. The maximum Gasteiger partial charge on any atom is 0.202 e. The van der Waals surface area contributed by atoms with Gasteiger partial charge >= 0.3 is 0 Å². The van der Waals surface area contributed by atoms with Crippen LogP contribution in [-0.2, 0) is 9.47 Å². The number of nitrogens with zero attached hydrogens (tertiary/aromatic N) is 2. The highest BCUT2D eigenvalue weighted by atomic mass is 16.7. The summed E-state index contributed by atoms with van der Waals surface area (Å²) in [5, 5.41) is 0. The molecule has 2 rings (SSSR count). The van der Waals surface area contributed by atoms with Gasteiger partial charge in [-0.2, -0.15) is 0 Å². The average Bonchev–Trinajstić information content (AvgIpc) is 2.72. The van der Waals surface area contributed by atoms with Crippen LogP contribution in [0, 0.1) is 0 Å². The van der Waals surface area contributed by atoms with Gasteiger partial charge in [-0.05, 0) is 26.0 Å². The highest BCUT2D eigenvalue weighted by molar-refractivity contribution is 5.39. The molecule has 0 aliphatic rings. The van der Waals surface area contributed by atoms with Gasteiger partial charge in [-0.15, -0.1) is 0 Å². The molecule has 2 aromatic heterocycles. The summed E-state index contributed by atoms with van der Waals surface area (Å²) < 4.78 is 13.0. The Balaban J connectivity index is 2.29. The van der Waals surface area contributed by atoms with E-state index in [0.717, 1.165) is 11.3 Å². The SMILES string of the molecule is CCOC(OCC)c1cn2ccccc2n1. The molecule has 0 radical (unpaired) electrons. The zero-order valence-corrected chi connectivity index (χ0v) is 9.59. The van der Waals surface area contributed by atoms with E-state index in [1.54, 1.807) is 0 Å². The third kappa shape index (κ3) is 2.23. The van der Waals surface area contributed by atoms with E-state index >= 15 is 0 Å². The minimum absolute atomic E-state index is 0.366. The predicted octanol–water partition coefficient (Wildman–Crippen LogP) is 2.41. The zero-order chi connectivity index (χ0) is 11.4. The molecule has 4 nitrogen and oxygen atoms in total. The van der Waals surface area contributed by atoms with Gasteiger partial charge in [0.25, 0.3) is 0 Å². The van der Waals surface area contributed by atoms with E-state index in [9.17, 15) is 0 Å². The lowest BCUT2D eigenvalue weighted by atomic mass is 10.4. The molecule has 0 fully saturated rings. The molecule has 86 valence electrons. The van der Waals surface area contributed by atoms with E-state index < -0.39 is 0 Å². The summed E-state index contributed by atoms with van der Waals surface area (Å²) in [6.45, 7) is 5.11. The van der Waals surface area contributed by atoms with Gasteiger partial charge in [0.05, 0.1) is 0 Å². The first kappa shape index (κ1) is 11.1. The quantitative estimate of drug-likeness (QED) is 0.726. The number of aromatic nitrogens is 2. The average molecular weight is 220 g/mol. The Labute approximate surface area is 94.8 Å². The summed E-state index contributed by atoms with van der Waals surface area (Å²) in [5.74, 6) is 0. The Kier molecular flexibility index (Phi) is 3.54. The van der Waals surface area contributed by atoms with Crippen LogP contribution in [-0.4, -0.2) is 22.6 Å². The van der Waals surface area contributed by atoms with Gasteiger partial charge in [0.2, 0.25) is 6.29 Å². The number of hydrogen-bond donors (Lipinski definition) is 0. The highest BCUT2D eigenvalue weighted by Gasteiger charge is 2.14. The molecule has 0 unspecified atom stereocenters. The van der Waals surface area contributed by atoms with E-state index in [1.807, 2.05) is 48.8 Å². The molecular formula is C12H16N2O2. The molecule has 0 atom stereocenters. The van der Waals surface area contributed by atoms with Crippen LogP contribution in [0.5, 0.6) is 0 Å². The molecule has 0 aliphatic carbocycles. The molecule has 0 spiro atoms. The lowest BCUT2D eigenvalue weighted by molar-refractivity contribution is -0.142. The monoisotopic (exact) mass is 220 g/mol. The number of imidazole rings is 1. The van der Waals surface area contributed by atoms with E-state index in [-0.39, 0.29) is 6.29 Å². The molecule has 0 N–H and O–H groups in total. The third-order valence-electron chi connectivity index (χ3n) is 2.26. The van der Waals surface area contributed by atoms with Crippen molar-refractivity contribution in [2.45, 2.75) is 20.1 Å². The Morgan fingerprint density at radius 3 is 2.62 bits per heavy atom. The van der Waals surface area contributed by atoms with Crippen LogP contribution in [0.4, 0.5) is 0 Å². The maximum absolute atomic E-state index is 5.50. The first-order valence-electron chi connectivity index (χ1n) is 5.52. The van der Waals surface area contributed by atoms with Crippen molar-refractivity contribution in [2.75, 3.05) is 13.2 Å². The fourth-order valence-electron chi connectivity index (χ4n) is 1.59. The second-order valence-electron chi connectivity index (χ2n) is 3.37. The smallest absolute Gasteiger partial charge is 0.202 e. The molecule has 16 heavy (non-hydrogen) atoms. The first-order chi connectivity index (χ1) is 7.85. The van der Waals surface area contributed by atoms with Crippen molar-refractivity contribution >= 4 is 5.65 Å². The Hall–Kier alpha value is -1.39. The third-order valence-corrected chi connectivity index (χ3v) is 2.26. The zero-order valence-electron chi connectivity index (χ0n) is 9.59. The Morgan fingerprint density at radius 2 is 2.00 bits per heavy atom. The molecule has 0 saturated heterocycles. The Morgan fingerprint density at radius 1 is 1.25 bits per heavy atom. The van der Waals surface area contributed by atoms with Gasteiger partial charge in [-0.1, -0.05) is 6.07 Å². The normalized spacial score (nSPS) is 11.4. The maximum atomic E-state index is 5.50. The van der Waals surface area contributed by atoms with Crippen LogP contribution >= 0.6 is 0 Å². The number of pyridine rings is 1. The van der Waals surface area contributed by atoms with E-state index in [2.05, 4.69) is 4.98 Å². The summed E-state index contributed by atoms with van der Waals surface area (Å²) in [6, 6.07) is 5.88. The van der Waals surface area contributed by atoms with E-state index in [1.165, 1.54) is 0 Å². The summed E-state index contributed by atoms with van der Waals surface area (Å²) in [5.41, 5.74) is 1.72. The minimum atomic E-state index is -0.366. The molecule has 4 heteroatoms. The molecule has 0 amide bonds. The minimum Gasteiger partial charge on any atom is -0.347 e. The van der Waals surface area contributed by atoms with Crippen molar-refractivity contribution in [3.8, 4) is 0 Å². The van der Waals surface area contributed by atoms with Gasteiger partial charge in [0.1, 0.15) is 11.3 Å². The van der Waals surface area contributed by atoms with Crippen molar-refractivity contribution in [2.24, 2.45) is 0 Å². The van der Waals surface area contributed by atoms with Crippen molar-refractivity contribution in [1.82, 2.24) is 9.38 Å². The number of ether oxygens (including phenoxy) is 2. The van der Waals surface area contributed by atoms with Gasteiger partial charge in [-0.25, -0.2) is 4.98 Å². The standard InChI is InChI=1S/C12H16N2O2/c1-3-15-12(16-4-2)10-9-14-8-6-5-7-11(14)13-10/h5-9,12H,3-4H2,1-2H3. The largest absolute Gasteiger partial charge is 0.347 e. The van der Waals surface area contributed by atoms with Crippen LogP contribution in [0.15, 0.2) is 30.6 Å². The lowest BCUT2D eigenvalue weighted by Crippen LogP contribution is -2.09. The number of hydrogen-bond acceptors (Lipinski definition) is 3. The van der Waals surface area contributed by atoms with Crippen molar-refractivity contribution in [3.05, 3.63) is 36.3 Å².